The molecule has 1 aliphatic rings. The molecule has 1 aliphatic carbocycles. The Morgan fingerprint density at radius 1 is 1.45 bits per heavy atom. The van der Waals surface area contributed by atoms with Gasteiger partial charge in [0, 0.05) is 24.5 Å². The van der Waals surface area contributed by atoms with E-state index in [1.165, 1.54) is 24.2 Å². The van der Waals surface area contributed by atoms with E-state index in [1.807, 2.05) is 13.1 Å². The third kappa shape index (κ3) is 2.94. The van der Waals surface area contributed by atoms with Gasteiger partial charge < -0.3 is 10.3 Å². The highest BCUT2D eigenvalue weighted by molar-refractivity contribution is 7.15. The molecule has 0 spiro atoms. The smallest absolute Gasteiger partial charge is 0.223 e. The molecule has 0 saturated heterocycles. The molecule has 2 aromatic rings. The fourth-order valence-electron chi connectivity index (χ4n) is 2.61. The molecule has 8 heteroatoms. The predicted molar refractivity (Wildman–Crippen MR) is 79.8 cm³/mol. The molecule has 0 aliphatic heterocycles. The largest absolute Gasteiger partial charge is 0.375 e. The lowest BCUT2D eigenvalue weighted by molar-refractivity contribution is 0.298. The van der Waals surface area contributed by atoms with Crippen molar-refractivity contribution >= 4 is 28.9 Å². The lowest BCUT2D eigenvalue weighted by Gasteiger charge is -2.26. The van der Waals surface area contributed by atoms with Crippen LogP contribution in [0.5, 0.6) is 0 Å². The molecular weight excluding hydrogens is 298 g/mol. The second-order valence-electron chi connectivity index (χ2n) is 4.94. The summed E-state index contributed by atoms with van der Waals surface area (Å²) in [6.45, 7) is 2.56. The van der Waals surface area contributed by atoms with E-state index in [0.717, 1.165) is 30.1 Å². The maximum absolute atomic E-state index is 5.65. The summed E-state index contributed by atoms with van der Waals surface area (Å²) in [5, 5.41) is 8.29. The first-order chi connectivity index (χ1) is 9.18. The third-order valence-corrected chi connectivity index (χ3v) is 4.41. The molecule has 0 radical (unpaired) electrons. The number of nitrogens with one attached hydrogen (secondary N) is 1. The van der Waals surface area contributed by atoms with Crippen LogP contribution in [0.3, 0.4) is 0 Å². The number of nitrogens with two attached hydrogens (primary N) is 1. The van der Waals surface area contributed by atoms with E-state index in [0.29, 0.717) is 11.0 Å². The Kier molecular flexibility index (Phi) is 4.62. The molecule has 0 bridgehead atoms. The molecule has 0 aromatic carbocycles. The Labute approximate surface area is 127 Å². The molecule has 0 amide bonds. The fraction of sp³-hybridized carbons (Fsp3) is 0.583. The number of rotatable bonds is 4. The van der Waals surface area contributed by atoms with E-state index in [9.17, 15) is 0 Å². The van der Waals surface area contributed by atoms with Gasteiger partial charge in [-0.3, -0.25) is 5.32 Å². The van der Waals surface area contributed by atoms with Crippen molar-refractivity contribution in [3.05, 3.63) is 22.8 Å². The first-order valence-corrected chi connectivity index (χ1v) is 7.26. The van der Waals surface area contributed by atoms with Gasteiger partial charge in [0.2, 0.25) is 5.89 Å². The quantitative estimate of drug-likeness (QED) is 0.900. The number of nitrogen functional groups attached to an aromatic ring is 1. The topological polar surface area (TPSA) is 89.9 Å². The molecule has 0 atom stereocenters. The molecule has 3 N–H and O–H groups in total. The standard InChI is InChI=1S/C12H17N5OS.ClH/c1-8-16-10(17-18-8)12(4-2-3-5-12)15-7-9-6-14-11(13)19-9;/h6,15H,2-5,7H2,1H3,(H2,13,14);1H. The monoisotopic (exact) mass is 315 g/mol. The zero-order valence-electron chi connectivity index (χ0n) is 11.3. The zero-order chi connectivity index (χ0) is 13.3. The second-order valence-corrected chi connectivity index (χ2v) is 6.09. The number of anilines is 1. The molecule has 6 nitrogen and oxygen atoms in total. The van der Waals surface area contributed by atoms with Crippen molar-refractivity contribution < 1.29 is 4.52 Å². The highest BCUT2D eigenvalue weighted by Gasteiger charge is 2.39. The number of aryl methyl sites for hydroxylation is 1. The van der Waals surface area contributed by atoms with E-state index in [2.05, 4.69) is 20.4 Å². The minimum atomic E-state index is -0.156. The normalized spacial score (nSPS) is 17.1. The van der Waals surface area contributed by atoms with Crippen LogP contribution in [0.4, 0.5) is 5.13 Å². The van der Waals surface area contributed by atoms with E-state index in [4.69, 9.17) is 10.3 Å². The Hall–Kier alpha value is -1.18. The van der Waals surface area contributed by atoms with Gasteiger partial charge in [0.1, 0.15) is 0 Å². The summed E-state index contributed by atoms with van der Waals surface area (Å²) in [6.07, 6.45) is 6.27. The number of halogens is 1. The summed E-state index contributed by atoms with van der Waals surface area (Å²) < 4.78 is 5.13. The molecule has 1 fully saturated rings. The highest BCUT2D eigenvalue weighted by atomic mass is 35.5. The van der Waals surface area contributed by atoms with Crippen molar-refractivity contribution in [1.29, 1.82) is 0 Å². The number of hydrogen-bond acceptors (Lipinski definition) is 7. The maximum Gasteiger partial charge on any atom is 0.223 e. The average molecular weight is 316 g/mol. The van der Waals surface area contributed by atoms with Crippen LogP contribution >= 0.6 is 23.7 Å². The van der Waals surface area contributed by atoms with Gasteiger partial charge in [-0.15, -0.1) is 23.7 Å². The predicted octanol–water partition coefficient (Wildman–Crippen LogP) is 2.40. The molecule has 2 heterocycles. The van der Waals surface area contributed by atoms with E-state index in [-0.39, 0.29) is 17.9 Å². The summed E-state index contributed by atoms with van der Waals surface area (Å²) in [5.41, 5.74) is 5.49. The molecule has 3 rings (SSSR count). The first kappa shape index (κ1) is 15.2. The molecule has 1 saturated carbocycles. The minimum Gasteiger partial charge on any atom is -0.375 e. The number of nitrogens with zero attached hydrogens (tertiary/aromatic N) is 3. The van der Waals surface area contributed by atoms with Crippen LogP contribution in [0.1, 0.15) is 42.3 Å². The summed E-state index contributed by atoms with van der Waals surface area (Å²) >= 11 is 1.51. The van der Waals surface area contributed by atoms with Crippen LogP contribution in [0.15, 0.2) is 10.7 Å². The van der Waals surface area contributed by atoms with Gasteiger partial charge in [-0.25, -0.2) is 4.98 Å². The van der Waals surface area contributed by atoms with Crippen molar-refractivity contribution in [3.63, 3.8) is 0 Å². The maximum atomic E-state index is 5.65. The summed E-state index contributed by atoms with van der Waals surface area (Å²) in [5.74, 6) is 1.39. The zero-order valence-corrected chi connectivity index (χ0v) is 12.9. The first-order valence-electron chi connectivity index (χ1n) is 6.44. The van der Waals surface area contributed by atoms with Crippen LogP contribution in [-0.2, 0) is 12.1 Å². The average Bonchev–Trinajstić information content (AvgIpc) is 3.08. The van der Waals surface area contributed by atoms with Gasteiger partial charge in [0.05, 0.1) is 5.54 Å². The fourth-order valence-corrected chi connectivity index (χ4v) is 3.24. The summed E-state index contributed by atoms with van der Waals surface area (Å²) in [6, 6.07) is 0. The van der Waals surface area contributed by atoms with Crippen molar-refractivity contribution in [1.82, 2.24) is 20.4 Å². The lowest BCUT2D eigenvalue weighted by atomic mass is 9.96. The van der Waals surface area contributed by atoms with Crippen LogP contribution in [0.2, 0.25) is 0 Å². The van der Waals surface area contributed by atoms with Crippen molar-refractivity contribution in [2.75, 3.05) is 5.73 Å². The van der Waals surface area contributed by atoms with Crippen LogP contribution in [-0.4, -0.2) is 15.1 Å². The number of thiazole rings is 1. The van der Waals surface area contributed by atoms with Gasteiger partial charge in [0.25, 0.3) is 0 Å². The van der Waals surface area contributed by atoms with Gasteiger partial charge in [-0.05, 0) is 12.8 Å². The Balaban J connectivity index is 0.00000147. The second kappa shape index (κ2) is 6.07. The van der Waals surface area contributed by atoms with Crippen LogP contribution in [0.25, 0.3) is 0 Å². The van der Waals surface area contributed by atoms with Gasteiger partial charge in [-0.2, -0.15) is 4.98 Å². The van der Waals surface area contributed by atoms with E-state index in [1.54, 1.807) is 0 Å². The van der Waals surface area contributed by atoms with Crippen molar-refractivity contribution in [2.24, 2.45) is 0 Å². The SMILES string of the molecule is Cc1nc(C2(NCc3cnc(N)s3)CCCC2)no1.Cl. The molecule has 110 valence electrons. The molecular formula is C12H18ClN5OS. The third-order valence-electron chi connectivity index (χ3n) is 3.59. The Morgan fingerprint density at radius 2 is 2.20 bits per heavy atom. The van der Waals surface area contributed by atoms with Gasteiger partial charge >= 0.3 is 0 Å². The number of aromatic nitrogens is 3. The van der Waals surface area contributed by atoms with Crippen molar-refractivity contribution in [3.8, 4) is 0 Å². The Bertz CT molecular complexity index is 564. The van der Waals surface area contributed by atoms with Crippen LogP contribution in [0, 0.1) is 6.92 Å². The summed E-state index contributed by atoms with van der Waals surface area (Å²) in [4.78, 5) is 9.60. The van der Waals surface area contributed by atoms with E-state index < -0.39 is 0 Å². The van der Waals surface area contributed by atoms with Gasteiger partial charge in [-0.1, -0.05) is 18.0 Å². The lowest BCUT2D eigenvalue weighted by Crippen LogP contribution is -2.40. The van der Waals surface area contributed by atoms with Gasteiger partial charge in [0.15, 0.2) is 11.0 Å². The van der Waals surface area contributed by atoms with Crippen LogP contribution < -0.4 is 11.1 Å². The number of hydrogen-bond donors (Lipinski definition) is 2. The molecule has 2 aromatic heterocycles. The molecule has 0 unspecified atom stereocenters. The molecule has 20 heavy (non-hydrogen) atoms. The Morgan fingerprint density at radius 3 is 2.75 bits per heavy atom. The van der Waals surface area contributed by atoms with Crippen molar-refractivity contribution in [2.45, 2.75) is 44.7 Å². The highest BCUT2D eigenvalue weighted by Crippen LogP contribution is 2.37. The minimum absolute atomic E-state index is 0. The van der Waals surface area contributed by atoms with E-state index >= 15 is 0 Å². The summed E-state index contributed by atoms with van der Waals surface area (Å²) in [7, 11) is 0.